The second kappa shape index (κ2) is 7.64. The van der Waals surface area contributed by atoms with Crippen LogP contribution in [-0.2, 0) is 0 Å². The maximum atomic E-state index is 11.8. The number of carbonyl (C=O) groups is 1. The van der Waals surface area contributed by atoms with Crippen LogP contribution in [0.25, 0.3) is 0 Å². The van der Waals surface area contributed by atoms with Gasteiger partial charge in [0.1, 0.15) is 5.75 Å². The van der Waals surface area contributed by atoms with Crippen molar-refractivity contribution in [1.29, 1.82) is 0 Å². The van der Waals surface area contributed by atoms with Crippen LogP contribution in [0.15, 0.2) is 22.7 Å². The second-order valence-corrected chi connectivity index (χ2v) is 5.49. The van der Waals surface area contributed by atoms with E-state index >= 15 is 0 Å². The largest absolute Gasteiger partial charge is 0.507 e. The fraction of sp³-hybridized carbons (Fsp3) is 0.462. The van der Waals surface area contributed by atoms with Gasteiger partial charge in [-0.3, -0.25) is 4.79 Å². The predicted octanol–water partition coefficient (Wildman–Crippen LogP) is 3.54. The number of amides is 1. The molecule has 1 unspecified atom stereocenters. The summed E-state index contributed by atoms with van der Waals surface area (Å²) in [5.74, 6) is 1.02. The zero-order valence-corrected chi connectivity index (χ0v) is 12.6. The monoisotopic (exact) mass is 333 g/mol. The minimum Gasteiger partial charge on any atom is -0.507 e. The van der Waals surface area contributed by atoms with Gasteiger partial charge in [-0.2, -0.15) is 0 Å². The molecular formula is C13H17BrClNO2. The lowest BCUT2D eigenvalue weighted by atomic mass is 10.1. The lowest BCUT2D eigenvalue weighted by Crippen LogP contribution is -2.24. The van der Waals surface area contributed by atoms with E-state index in [0.717, 1.165) is 12.8 Å². The molecule has 0 saturated carbocycles. The maximum Gasteiger partial charge on any atom is 0.251 e. The highest BCUT2D eigenvalue weighted by Crippen LogP contribution is 2.24. The summed E-state index contributed by atoms with van der Waals surface area (Å²) in [5.41, 5.74) is 0.459. The molecule has 3 nitrogen and oxygen atoms in total. The molecule has 0 aromatic heterocycles. The van der Waals surface area contributed by atoms with Crippen molar-refractivity contribution < 1.29 is 9.90 Å². The Hall–Kier alpha value is -0.740. The number of benzene rings is 1. The van der Waals surface area contributed by atoms with Crippen LogP contribution < -0.4 is 5.32 Å². The van der Waals surface area contributed by atoms with Crippen LogP contribution in [0.5, 0.6) is 5.75 Å². The molecule has 0 spiro atoms. The minimum atomic E-state index is -0.170. The van der Waals surface area contributed by atoms with Crippen LogP contribution >= 0.6 is 27.5 Å². The third-order valence-corrected chi connectivity index (χ3v) is 3.83. The molecule has 2 N–H and O–H groups in total. The number of alkyl halides is 1. The molecule has 5 heteroatoms. The Balaban J connectivity index is 2.39. The van der Waals surface area contributed by atoms with E-state index in [2.05, 4.69) is 28.2 Å². The summed E-state index contributed by atoms with van der Waals surface area (Å²) in [5, 5.41) is 12.3. The first-order valence-electron chi connectivity index (χ1n) is 5.87. The fourth-order valence-corrected chi connectivity index (χ4v) is 1.89. The van der Waals surface area contributed by atoms with Gasteiger partial charge in [0, 0.05) is 18.0 Å². The molecular weight excluding hydrogens is 318 g/mol. The third-order valence-electron chi connectivity index (χ3n) is 2.63. The molecule has 1 aromatic carbocycles. The van der Waals surface area contributed by atoms with Gasteiger partial charge in [0.2, 0.25) is 0 Å². The van der Waals surface area contributed by atoms with Crippen LogP contribution in [-0.4, -0.2) is 23.4 Å². The lowest BCUT2D eigenvalue weighted by molar-refractivity contribution is 0.0952. The molecule has 0 saturated heterocycles. The van der Waals surface area contributed by atoms with Crippen molar-refractivity contribution in [1.82, 2.24) is 5.32 Å². The summed E-state index contributed by atoms with van der Waals surface area (Å²) in [6.45, 7) is 2.71. The van der Waals surface area contributed by atoms with Gasteiger partial charge in [0.05, 0.1) is 4.47 Å². The number of hydrogen-bond donors (Lipinski definition) is 2. The van der Waals surface area contributed by atoms with Crippen molar-refractivity contribution in [2.45, 2.75) is 19.8 Å². The van der Waals surface area contributed by atoms with Crippen LogP contribution in [0.1, 0.15) is 30.1 Å². The Bertz CT molecular complexity index is 412. The minimum absolute atomic E-state index is 0.0680. The number of aromatic hydroxyl groups is 1. The van der Waals surface area contributed by atoms with Crippen LogP contribution in [0.4, 0.5) is 0 Å². The molecule has 1 rings (SSSR count). The standard InChI is InChI=1S/C13H17BrClNO2/c1-9(8-15)3-2-6-16-13(18)10-4-5-11(14)12(17)7-10/h4-5,7,9,17H,2-3,6,8H2,1H3,(H,16,18). The molecule has 0 fully saturated rings. The van der Waals surface area contributed by atoms with Crippen molar-refractivity contribution in [3.8, 4) is 5.75 Å². The second-order valence-electron chi connectivity index (χ2n) is 4.32. The highest BCUT2D eigenvalue weighted by atomic mass is 79.9. The molecule has 18 heavy (non-hydrogen) atoms. The highest BCUT2D eigenvalue weighted by Gasteiger charge is 2.08. The first kappa shape index (κ1) is 15.3. The van der Waals surface area contributed by atoms with E-state index in [1.807, 2.05) is 0 Å². The van der Waals surface area contributed by atoms with E-state index in [9.17, 15) is 9.90 Å². The molecule has 100 valence electrons. The zero-order chi connectivity index (χ0) is 13.5. The number of phenols is 1. The zero-order valence-electron chi connectivity index (χ0n) is 10.2. The van der Waals surface area contributed by atoms with Crippen molar-refractivity contribution in [2.75, 3.05) is 12.4 Å². The first-order chi connectivity index (χ1) is 8.54. The van der Waals surface area contributed by atoms with Gasteiger partial charge in [0.15, 0.2) is 0 Å². The fourth-order valence-electron chi connectivity index (χ4n) is 1.49. The molecule has 0 heterocycles. The summed E-state index contributed by atoms with van der Waals surface area (Å²) in [6, 6.07) is 4.77. The average Bonchev–Trinajstić information content (AvgIpc) is 2.37. The molecule has 1 atom stereocenters. The van der Waals surface area contributed by atoms with Gasteiger partial charge in [0.25, 0.3) is 5.91 Å². The predicted molar refractivity (Wildman–Crippen MR) is 77.3 cm³/mol. The van der Waals surface area contributed by atoms with E-state index in [1.54, 1.807) is 12.1 Å². The van der Waals surface area contributed by atoms with Gasteiger partial charge >= 0.3 is 0 Å². The summed E-state index contributed by atoms with van der Waals surface area (Å²) in [6.07, 6.45) is 1.90. The normalized spacial score (nSPS) is 12.2. The Kier molecular flexibility index (Phi) is 6.50. The Morgan fingerprint density at radius 3 is 2.89 bits per heavy atom. The Morgan fingerprint density at radius 2 is 2.28 bits per heavy atom. The van der Waals surface area contributed by atoms with Crippen molar-refractivity contribution >= 4 is 33.4 Å². The molecule has 0 radical (unpaired) electrons. The molecule has 0 aliphatic carbocycles. The average molecular weight is 335 g/mol. The number of halogens is 2. The van der Waals surface area contributed by atoms with E-state index in [-0.39, 0.29) is 11.7 Å². The van der Waals surface area contributed by atoms with Gasteiger partial charge in [-0.25, -0.2) is 0 Å². The summed E-state index contributed by atoms with van der Waals surface area (Å²) in [4.78, 5) is 11.8. The summed E-state index contributed by atoms with van der Waals surface area (Å²) in [7, 11) is 0. The van der Waals surface area contributed by atoms with Crippen LogP contribution in [0, 0.1) is 5.92 Å². The van der Waals surface area contributed by atoms with Gasteiger partial charge in [-0.1, -0.05) is 6.92 Å². The molecule has 0 bridgehead atoms. The summed E-state index contributed by atoms with van der Waals surface area (Å²) >= 11 is 8.87. The highest BCUT2D eigenvalue weighted by molar-refractivity contribution is 9.10. The topological polar surface area (TPSA) is 49.3 Å². The maximum absolute atomic E-state index is 11.8. The third kappa shape index (κ3) is 4.86. The first-order valence-corrected chi connectivity index (χ1v) is 7.20. The summed E-state index contributed by atoms with van der Waals surface area (Å²) < 4.78 is 0.579. The van der Waals surface area contributed by atoms with Gasteiger partial charge < -0.3 is 10.4 Å². The Morgan fingerprint density at radius 1 is 1.56 bits per heavy atom. The SMILES string of the molecule is CC(CCl)CCCNC(=O)c1ccc(Br)c(O)c1. The molecule has 0 aliphatic heterocycles. The van der Waals surface area contributed by atoms with Crippen LogP contribution in [0.2, 0.25) is 0 Å². The number of hydrogen-bond acceptors (Lipinski definition) is 2. The number of carbonyl (C=O) groups excluding carboxylic acids is 1. The number of nitrogens with one attached hydrogen (secondary N) is 1. The van der Waals surface area contributed by atoms with E-state index < -0.39 is 0 Å². The van der Waals surface area contributed by atoms with Crippen molar-refractivity contribution in [3.63, 3.8) is 0 Å². The molecule has 1 amide bonds. The lowest BCUT2D eigenvalue weighted by Gasteiger charge is -2.08. The van der Waals surface area contributed by atoms with E-state index in [4.69, 9.17) is 11.6 Å². The van der Waals surface area contributed by atoms with Crippen molar-refractivity contribution in [2.24, 2.45) is 5.92 Å². The number of rotatable bonds is 6. The molecule has 1 aromatic rings. The van der Waals surface area contributed by atoms with Gasteiger partial charge in [-0.15, -0.1) is 11.6 Å². The van der Waals surface area contributed by atoms with E-state index in [0.29, 0.717) is 28.4 Å². The Labute approximate surface area is 121 Å². The van der Waals surface area contributed by atoms with Crippen molar-refractivity contribution in [3.05, 3.63) is 28.2 Å². The van der Waals surface area contributed by atoms with Crippen LogP contribution in [0.3, 0.4) is 0 Å². The molecule has 0 aliphatic rings. The number of phenolic OH excluding ortho intramolecular Hbond substituents is 1. The quantitative estimate of drug-likeness (QED) is 0.617. The van der Waals surface area contributed by atoms with E-state index in [1.165, 1.54) is 6.07 Å². The smallest absolute Gasteiger partial charge is 0.251 e. The van der Waals surface area contributed by atoms with Gasteiger partial charge in [-0.05, 0) is 52.9 Å².